The van der Waals surface area contributed by atoms with Crippen LogP contribution >= 0.6 is 0 Å². The molecule has 0 radical (unpaired) electrons. The van der Waals surface area contributed by atoms with Gasteiger partial charge in [0.2, 0.25) is 5.91 Å². The second kappa shape index (κ2) is 7.00. The predicted octanol–water partition coefficient (Wildman–Crippen LogP) is 4.22. The minimum Gasteiger partial charge on any atom is -0.331 e. The van der Waals surface area contributed by atoms with Crippen LogP contribution in [0.2, 0.25) is 0 Å². The average molecular weight is 378 g/mol. The van der Waals surface area contributed by atoms with Crippen molar-refractivity contribution in [2.75, 3.05) is 13.1 Å². The van der Waals surface area contributed by atoms with E-state index in [2.05, 4.69) is 28.4 Å². The topological polar surface area (TPSA) is 32.3 Å². The van der Waals surface area contributed by atoms with Crippen molar-refractivity contribution in [3.05, 3.63) is 71.0 Å². The smallest absolute Gasteiger partial charge is 0.223 e. The molecular formula is C24H27FN2O. The molecule has 146 valence electrons. The Balaban J connectivity index is 1.45. The fourth-order valence-electron chi connectivity index (χ4n) is 5.60. The summed E-state index contributed by atoms with van der Waals surface area (Å²) in [7, 11) is 0. The van der Waals surface area contributed by atoms with Crippen LogP contribution in [0.25, 0.3) is 0 Å². The van der Waals surface area contributed by atoms with E-state index in [1.54, 1.807) is 0 Å². The lowest BCUT2D eigenvalue weighted by Gasteiger charge is -2.47. The van der Waals surface area contributed by atoms with E-state index in [-0.39, 0.29) is 23.2 Å². The lowest BCUT2D eigenvalue weighted by Crippen LogP contribution is -2.49. The van der Waals surface area contributed by atoms with Crippen LogP contribution in [0.3, 0.4) is 0 Å². The quantitative estimate of drug-likeness (QED) is 0.867. The predicted molar refractivity (Wildman–Crippen MR) is 107 cm³/mol. The van der Waals surface area contributed by atoms with Crippen LogP contribution in [0.4, 0.5) is 4.39 Å². The Morgan fingerprint density at radius 1 is 1.14 bits per heavy atom. The number of hydrogen-bond donors (Lipinski definition) is 1. The molecule has 28 heavy (non-hydrogen) atoms. The largest absolute Gasteiger partial charge is 0.331 e. The van der Waals surface area contributed by atoms with Crippen molar-refractivity contribution in [2.45, 2.75) is 50.6 Å². The van der Waals surface area contributed by atoms with E-state index in [4.69, 9.17) is 0 Å². The Morgan fingerprint density at radius 2 is 1.93 bits per heavy atom. The fraction of sp³-hybridized carbons (Fsp3) is 0.458. The van der Waals surface area contributed by atoms with Crippen LogP contribution in [0.5, 0.6) is 0 Å². The van der Waals surface area contributed by atoms with Gasteiger partial charge >= 0.3 is 0 Å². The van der Waals surface area contributed by atoms with Gasteiger partial charge in [0.15, 0.2) is 0 Å². The molecule has 1 N–H and O–H groups in total. The summed E-state index contributed by atoms with van der Waals surface area (Å²) in [5, 5.41) is 3.58. The minimum atomic E-state index is -0.240. The summed E-state index contributed by atoms with van der Waals surface area (Å²) in [4.78, 5) is 15.6. The van der Waals surface area contributed by atoms with Gasteiger partial charge in [-0.15, -0.1) is 0 Å². The van der Waals surface area contributed by atoms with Crippen molar-refractivity contribution >= 4 is 5.91 Å². The number of benzene rings is 2. The molecule has 4 heteroatoms. The summed E-state index contributed by atoms with van der Waals surface area (Å²) in [6.07, 6.45) is 6.10. The van der Waals surface area contributed by atoms with Crippen LogP contribution in [-0.2, 0) is 11.2 Å². The molecule has 0 unspecified atom stereocenters. The van der Waals surface area contributed by atoms with Gasteiger partial charge in [0, 0.05) is 19.0 Å². The molecule has 2 bridgehead atoms. The van der Waals surface area contributed by atoms with E-state index in [1.165, 1.54) is 23.3 Å². The standard InChI is InChI=1S/C24H27FN2O/c25-19-8-6-18(7-9-19)23-21-5-2-1-4-17(21)10-13-27(23)22(28)16-24-11-3-12-26-20(14-24)15-24/h1-2,4-9,20,23,26H,3,10-16H2/t20?,23-,24?/m0/s1. The number of carbonyl (C=O) groups is 1. The number of carbonyl (C=O) groups excluding carboxylic acids is 1. The average Bonchev–Trinajstić information content (AvgIpc) is 3.01. The molecule has 3 nitrogen and oxygen atoms in total. The highest BCUT2D eigenvalue weighted by Gasteiger charge is 2.47. The maximum atomic E-state index is 13.5. The molecule has 0 spiro atoms. The zero-order valence-electron chi connectivity index (χ0n) is 16.2. The monoisotopic (exact) mass is 378 g/mol. The van der Waals surface area contributed by atoms with Gasteiger partial charge in [-0.2, -0.15) is 0 Å². The first kappa shape index (κ1) is 17.9. The molecular weight excluding hydrogens is 351 g/mol. The molecule has 3 aliphatic heterocycles. The van der Waals surface area contributed by atoms with Crippen LogP contribution in [0.1, 0.15) is 54.8 Å². The first-order valence-corrected chi connectivity index (χ1v) is 10.5. The molecule has 3 heterocycles. The second-order valence-corrected chi connectivity index (χ2v) is 8.83. The van der Waals surface area contributed by atoms with Crippen molar-refractivity contribution in [3.63, 3.8) is 0 Å². The first-order valence-electron chi connectivity index (χ1n) is 10.5. The molecule has 3 fully saturated rings. The molecule has 2 saturated heterocycles. The molecule has 0 aromatic heterocycles. The maximum Gasteiger partial charge on any atom is 0.223 e. The van der Waals surface area contributed by atoms with Gasteiger partial charge in [0.1, 0.15) is 5.82 Å². The number of amides is 1. The molecule has 1 atom stereocenters. The first-order chi connectivity index (χ1) is 13.6. The second-order valence-electron chi connectivity index (χ2n) is 8.83. The molecule has 4 aliphatic rings. The van der Waals surface area contributed by atoms with Gasteiger partial charge in [-0.05, 0) is 72.9 Å². The van der Waals surface area contributed by atoms with Gasteiger partial charge in [-0.3, -0.25) is 4.79 Å². The van der Waals surface area contributed by atoms with Crippen molar-refractivity contribution in [1.82, 2.24) is 10.2 Å². The summed E-state index contributed by atoms with van der Waals surface area (Å²) in [5.74, 6) is 0.0141. The van der Waals surface area contributed by atoms with Gasteiger partial charge in [0.25, 0.3) is 0 Å². The SMILES string of the molecule is O=C(CC12CCCNC(C1)C2)N1CCc2ccccc2[C@@H]1c1ccc(F)cc1. The number of rotatable bonds is 3. The zero-order chi connectivity index (χ0) is 19.1. The Bertz CT molecular complexity index is 867. The number of hydrogen-bond acceptors (Lipinski definition) is 2. The molecule has 2 aromatic carbocycles. The van der Waals surface area contributed by atoms with Crippen LogP contribution in [0, 0.1) is 11.2 Å². The molecule has 1 aliphatic carbocycles. The molecule has 1 amide bonds. The van der Waals surface area contributed by atoms with Crippen LogP contribution in [0.15, 0.2) is 48.5 Å². The molecule has 2 aromatic rings. The summed E-state index contributed by atoms with van der Waals surface area (Å²) < 4.78 is 13.5. The summed E-state index contributed by atoms with van der Waals surface area (Å²) in [6.45, 7) is 1.81. The Kier molecular flexibility index (Phi) is 4.47. The van der Waals surface area contributed by atoms with Crippen LogP contribution < -0.4 is 5.32 Å². The van der Waals surface area contributed by atoms with E-state index in [1.807, 2.05) is 18.2 Å². The third-order valence-electron chi connectivity index (χ3n) is 6.99. The zero-order valence-corrected chi connectivity index (χ0v) is 16.2. The highest BCUT2D eigenvalue weighted by molar-refractivity contribution is 5.79. The number of nitrogens with one attached hydrogen (secondary N) is 1. The third-order valence-corrected chi connectivity index (χ3v) is 6.99. The lowest BCUT2D eigenvalue weighted by atomic mass is 9.62. The summed E-state index contributed by atoms with van der Waals surface area (Å²) >= 11 is 0. The summed E-state index contributed by atoms with van der Waals surface area (Å²) in [6, 6.07) is 15.5. The van der Waals surface area contributed by atoms with Gasteiger partial charge in [-0.25, -0.2) is 4.39 Å². The van der Waals surface area contributed by atoms with E-state index >= 15 is 0 Å². The minimum absolute atomic E-state index is 0.116. The van der Waals surface area contributed by atoms with E-state index in [0.29, 0.717) is 12.5 Å². The van der Waals surface area contributed by atoms with Crippen molar-refractivity contribution in [2.24, 2.45) is 5.41 Å². The van der Waals surface area contributed by atoms with Gasteiger partial charge < -0.3 is 10.2 Å². The number of fused-ring (bicyclic) bond motifs is 4. The van der Waals surface area contributed by atoms with Gasteiger partial charge in [0.05, 0.1) is 6.04 Å². The van der Waals surface area contributed by atoms with E-state index < -0.39 is 0 Å². The van der Waals surface area contributed by atoms with Crippen molar-refractivity contribution in [1.29, 1.82) is 0 Å². The summed E-state index contributed by atoms with van der Waals surface area (Å²) in [5.41, 5.74) is 3.66. The Labute approximate surface area is 165 Å². The van der Waals surface area contributed by atoms with E-state index in [9.17, 15) is 9.18 Å². The third kappa shape index (κ3) is 3.14. The highest BCUT2D eigenvalue weighted by atomic mass is 19.1. The van der Waals surface area contributed by atoms with Gasteiger partial charge in [-0.1, -0.05) is 36.4 Å². The molecule has 1 saturated carbocycles. The number of halogens is 1. The van der Waals surface area contributed by atoms with Crippen LogP contribution in [-0.4, -0.2) is 29.9 Å². The highest BCUT2D eigenvalue weighted by Crippen LogP contribution is 2.50. The lowest BCUT2D eigenvalue weighted by molar-refractivity contribution is -0.138. The van der Waals surface area contributed by atoms with Crippen molar-refractivity contribution in [3.8, 4) is 0 Å². The normalized spacial score (nSPS) is 28.8. The Morgan fingerprint density at radius 3 is 2.75 bits per heavy atom. The maximum absolute atomic E-state index is 13.5. The fourth-order valence-corrected chi connectivity index (χ4v) is 5.60. The number of nitrogens with zero attached hydrogens (tertiary/aromatic N) is 1. The van der Waals surface area contributed by atoms with Crippen molar-refractivity contribution < 1.29 is 9.18 Å². The molecule has 6 rings (SSSR count). The Hall–Kier alpha value is -2.20. The van der Waals surface area contributed by atoms with E-state index in [0.717, 1.165) is 50.8 Å².